The van der Waals surface area contributed by atoms with Crippen LogP contribution in [0.2, 0.25) is 5.02 Å². The van der Waals surface area contributed by atoms with Gasteiger partial charge in [-0.3, -0.25) is 4.79 Å². The molecule has 1 unspecified atom stereocenters. The monoisotopic (exact) mass is 324 g/mol. The van der Waals surface area contributed by atoms with Crippen LogP contribution in [0.4, 0.5) is 0 Å². The standard InChI is InChI=1S/C17H25ClN2O2/c1-3-16(22-15-7-5-6-13(18)12-15)17(21)19-14-8-10-20(4-2)11-9-14/h5-7,12,14,16H,3-4,8-11H2,1-2H3,(H,19,21). The molecule has 0 aromatic heterocycles. The third-order valence-corrected chi connectivity index (χ3v) is 4.35. The van der Waals surface area contributed by atoms with Crippen molar-refractivity contribution in [2.24, 2.45) is 0 Å². The van der Waals surface area contributed by atoms with Crippen LogP contribution >= 0.6 is 11.6 Å². The first-order valence-electron chi connectivity index (χ1n) is 8.07. The van der Waals surface area contributed by atoms with Crippen molar-refractivity contribution in [2.75, 3.05) is 19.6 Å². The summed E-state index contributed by atoms with van der Waals surface area (Å²) in [5.41, 5.74) is 0. The van der Waals surface area contributed by atoms with Crippen molar-refractivity contribution < 1.29 is 9.53 Å². The van der Waals surface area contributed by atoms with Gasteiger partial charge >= 0.3 is 0 Å². The fourth-order valence-corrected chi connectivity index (χ4v) is 2.89. The Morgan fingerprint density at radius 2 is 2.14 bits per heavy atom. The molecule has 1 amide bonds. The second-order valence-corrected chi connectivity index (χ2v) is 6.13. The van der Waals surface area contributed by atoms with E-state index in [4.69, 9.17) is 16.3 Å². The number of carbonyl (C=O) groups is 1. The highest BCUT2D eigenvalue weighted by Gasteiger charge is 2.24. The Balaban J connectivity index is 1.86. The average molecular weight is 325 g/mol. The Bertz CT molecular complexity index is 487. The molecule has 0 radical (unpaired) electrons. The van der Waals surface area contributed by atoms with Crippen molar-refractivity contribution in [1.29, 1.82) is 0 Å². The average Bonchev–Trinajstić information content (AvgIpc) is 2.53. The first kappa shape index (κ1) is 17.1. The molecule has 1 aliphatic rings. The molecule has 1 saturated heterocycles. The summed E-state index contributed by atoms with van der Waals surface area (Å²) in [6.45, 7) is 7.30. The molecule has 1 aromatic carbocycles. The largest absolute Gasteiger partial charge is 0.481 e. The molecule has 1 heterocycles. The maximum atomic E-state index is 12.4. The van der Waals surface area contributed by atoms with E-state index in [9.17, 15) is 4.79 Å². The number of nitrogens with one attached hydrogen (secondary N) is 1. The van der Waals surface area contributed by atoms with Crippen molar-refractivity contribution in [2.45, 2.75) is 45.3 Å². The molecule has 22 heavy (non-hydrogen) atoms. The lowest BCUT2D eigenvalue weighted by Crippen LogP contribution is -2.48. The minimum absolute atomic E-state index is 0.0302. The predicted octanol–water partition coefficient (Wildman–Crippen LogP) is 3.10. The van der Waals surface area contributed by atoms with Crippen LogP contribution in [-0.2, 0) is 4.79 Å². The third kappa shape index (κ3) is 4.89. The normalized spacial score (nSPS) is 18.0. The number of rotatable bonds is 6. The second kappa shape index (κ2) is 8.39. The van der Waals surface area contributed by atoms with Crippen LogP contribution in [0.3, 0.4) is 0 Å². The number of piperidine rings is 1. The SMILES string of the molecule is CCC(Oc1cccc(Cl)c1)C(=O)NC1CCN(CC)CC1. The fourth-order valence-electron chi connectivity index (χ4n) is 2.71. The van der Waals surface area contributed by atoms with Crippen LogP contribution < -0.4 is 10.1 Å². The molecule has 1 aliphatic heterocycles. The highest BCUT2D eigenvalue weighted by atomic mass is 35.5. The Kier molecular flexibility index (Phi) is 6.52. The molecule has 1 aromatic rings. The number of amides is 1. The summed E-state index contributed by atoms with van der Waals surface area (Å²) in [6.07, 6.45) is 2.18. The zero-order valence-electron chi connectivity index (χ0n) is 13.3. The Labute approximate surface area is 137 Å². The van der Waals surface area contributed by atoms with Gasteiger partial charge < -0.3 is 15.0 Å². The topological polar surface area (TPSA) is 41.6 Å². The molecule has 2 rings (SSSR count). The lowest BCUT2D eigenvalue weighted by atomic mass is 10.0. The molecule has 1 fully saturated rings. The van der Waals surface area contributed by atoms with Crippen molar-refractivity contribution in [3.8, 4) is 5.75 Å². The van der Waals surface area contributed by atoms with Crippen molar-refractivity contribution in [1.82, 2.24) is 10.2 Å². The zero-order valence-corrected chi connectivity index (χ0v) is 14.1. The van der Waals surface area contributed by atoms with Gasteiger partial charge in [0.15, 0.2) is 6.10 Å². The summed E-state index contributed by atoms with van der Waals surface area (Å²) < 4.78 is 5.78. The quantitative estimate of drug-likeness (QED) is 0.874. The number of halogens is 1. The van der Waals surface area contributed by atoms with Crippen LogP contribution in [0.15, 0.2) is 24.3 Å². The second-order valence-electron chi connectivity index (χ2n) is 5.69. The van der Waals surface area contributed by atoms with Gasteiger partial charge in [-0.2, -0.15) is 0 Å². The van der Waals surface area contributed by atoms with Crippen LogP contribution in [0.1, 0.15) is 33.1 Å². The summed E-state index contributed by atoms with van der Waals surface area (Å²) in [4.78, 5) is 14.8. The molecule has 122 valence electrons. The number of hydrogen-bond donors (Lipinski definition) is 1. The van der Waals surface area contributed by atoms with Crippen LogP contribution in [0, 0.1) is 0 Å². The number of hydrogen-bond acceptors (Lipinski definition) is 3. The summed E-state index contributed by atoms with van der Waals surface area (Å²) in [7, 11) is 0. The number of carbonyl (C=O) groups excluding carboxylic acids is 1. The van der Waals surface area contributed by atoms with Crippen molar-refractivity contribution in [3.05, 3.63) is 29.3 Å². The van der Waals surface area contributed by atoms with E-state index >= 15 is 0 Å². The molecule has 5 heteroatoms. The zero-order chi connectivity index (χ0) is 15.9. The van der Waals surface area contributed by atoms with Crippen LogP contribution in [0.25, 0.3) is 0 Å². The molecule has 0 bridgehead atoms. The summed E-state index contributed by atoms with van der Waals surface area (Å²) in [5.74, 6) is 0.604. The number of nitrogens with zero attached hydrogens (tertiary/aromatic N) is 1. The first-order chi connectivity index (χ1) is 10.6. The summed E-state index contributed by atoms with van der Waals surface area (Å²) >= 11 is 5.95. The molecule has 1 N–H and O–H groups in total. The van der Waals surface area contributed by atoms with Crippen LogP contribution in [0.5, 0.6) is 5.75 Å². The number of ether oxygens (including phenoxy) is 1. The smallest absolute Gasteiger partial charge is 0.261 e. The van der Waals surface area contributed by atoms with E-state index < -0.39 is 6.10 Å². The lowest BCUT2D eigenvalue weighted by Gasteiger charge is -2.32. The summed E-state index contributed by atoms with van der Waals surface area (Å²) in [6, 6.07) is 7.42. The van der Waals surface area contributed by atoms with E-state index in [1.165, 1.54) is 0 Å². The molecular formula is C17H25ClN2O2. The van der Waals surface area contributed by atoms with Gasteiger partial charge in [0.25, 0.3) is 5.91 Å². The molecule has 0 spiro atoms. The van der Waals surface area contributed by atoms with E-state index in [-0.39, 0.29) is 11.9 Å². The fraction of sp³-hybridized carbons (Fsp3) is 0.588. The van der Waals surface area contributed by atoms with Gasteiger partial charge in [0.1, 0.15) is 5.75 Å². The Morgan fingerprint density at radius 3 is 2.73 bits per heavy atom. The van der Waals surface area contributed by atoms with E-state index in [1.54, 1.807) is 12.1 Å². The van der Waals surface area contributed by atoms with Crippen molar-refractivity contribution >= 4 is 17.5 Å². The molecule has 0 aliphatic carbocycles. The van der Waals surface area contributed by atoms with Gasteiger partial charge in [0.2, 0.25) is 0 Å². The molecule has 1 atom stereocenters. The lowest BCUT2D eigenvalue weighted by molar-refractivity contribution is -0.129. The van der Waals surface area contributed by atoms with Gasteiger partial charge in [-0.1, -0.05) is 31.5 Å². The highest BCUT2D eigenvalue weighted by Crippen LogP contribution is 2.19. The maximum Gasteiger partial charge on any atom is 0.261 e. The molecule has 0 saturated carbocycles. The third-order valence-electron chi connectivity index (χ3n) is 4.12. The van der Waals surface area contributed by atoms with Crippen LogP contribution in [-0.4, -0.2) is 42.6 Å². The van der Waals surface area contributed by atoms with E-state index in [0.717, 1.165) is 32.5 Å². The predicted molar refractivity (Wildman–Crippen MR) is 89.4 cm³/mol. The maximum absolute atomic E-state index is 12.4. The molecular weight excluding hydrogens is 300 g/mol. The van der Waals surface area contributed by atoms with E-state index in [0.29, 0.717) is 17.2 Å². The number of likely N-dealkylation sites (tertiary alicyclic amines) is 1. The van der Waals surface area contributed by atoms with Gasteiger partial charge in [-0.25, -0.2) is 0 Å². The molecule has 4 nitrogen and oxygen atoms in total. The van der Waals surface area contributed by atoms with Gasteiger partial charge in [-0.15, -0.1) is 0 Å². The van der Waals surface area contributed by atoms with E-state index in [2.05, 4.69) is 17.1 Å². The highest BCUT2D eigenvalue weighted by molar-refractivity contribution is 6.30. The Morgan fingerprint density at radius 1 is 1.41 bits per heavy atom. The first-order valence-corrected chi connectivity index (χ1v) is 8.45. The van der Waals surface area contributed by atoms with Gasteiger partial charge in [0.05, 0.1) is 0 Å². The van der Waals surface area contributed by atoms with E-state index in [1.807, 2.05) is 19.1 Å². The minimum atomic E-state index is -0.470. The van der Waals surface area contributed by atoms with Crippen molar-refractivity contribution in [3.63, 3.8) is 0 Å². The van der Waals surface area contributed by atoms with Gasteiger partial charge in [-0.05, 0) is 44.0 Å². The Hall–Kier alpha value is -1.26. The summed E-state index contributed by atoms with van der Waals surface area (Å²) in [5, 5.41) is 3.74. The minimum Gasteiger partial charge on any atom is -0.481 e. The number of benzene rings is 1. The van der Waals surface area contributed by atoms with Gasteiger partial charge in [0, 0.05) is 24.2 Å².